The molecule has 5 nitrogen and oxygen atoms in total. The van der Waals surface area contributed by atoms with Crippen molar-refractivity contribution in [2.75, 3.05) is 0 Å². The van der Waals surface area contributed by atoms with Crippen molar-refractivity contribution in [2.24, 2.45) is 0 Å². The van der Waals surface area contributed by atoms with Crippen LogP contribution in [0.5, 0.6) is 0 Å². The summed E-state index contributed by atoms with van der Waals surface area (Å²) in [6.45, 7) is 0. The summed E-state index contributed by atoms with van der Waals surface area (Å²) in [6, 6.07) is 6.79. The summed E-state index contributed by atoms with van der Waals surface area (Å²) in [6.07, 6.45) is 1.11. The molecule has 2 aromatic rings. The molecule has 112 valence electrons. The average molecular weight is 334 g/mol. The molecule has 0 bridgehead atoms. The predicted molar refractivity (Wildman–Crippen MR) is 71.1 cm³/mol. The molecule has 1 aromatic heterocycles. The van der Waals surface area contributed by atoms with Crippen LogP contribution in [0.1, 0.15) is 23.9 Å². The molecule has 0 spiro atoms. The summed E-state index contributed by atoms with van der Waals surface area (Å²) in [4.78, 5) is 3.73. The number of nitrogens with zero attached hydrogens (tertiary/aromatic N) is 3. The van der Waals surface area contributed by atoms with E-state index in [1.165, 1.54) is 4.68 Å². The fourth-order valence-corrected chi connectivity index (χ4v) is 3.23. The van der Waals surface area contributed by atoms with Crippen molar-refractivity contribution in [2.45, 2.75) is 29.8 Å². The van der Waals surface area contributed by atoms with Gasteiger partial charge in [0.15, 0.2) is 0 Å². The lowest BCUT2D eigenvalue weighted by Gasteiger charge is -2.13. The predicted octanol–water partition coefficient (Wildman–Crippen LogP) is 2.46. The van der Waals surface area contributed by atoms with Crippen molar-refractivity contribution in [3.63, 3.8) is 0 Å². The van der Waals surface area contributed by atoms with E-state index in [4.69, 9.17) is 11.6 Å². The van der Waals surface area contributed by atoms with Crippen LogP contribution in [0.25, 0.3) is 0 Å². The summed E-state index contributed by atoms with van der Waals surface area (Å²) in [5.41, 5.74) is 0.767. The maximum atomic E-state index is 12.5. The van der Waals surface area contributed by atoms with Gasteiger partial charge in [-0.2, -0.15) is 8.78 Å². The van der Waals surface area contributed by atoms with E-state index in [2.05, 4.69) is 10.1 Å². The molecule has 0 radical (unpaired) electrons. The summed E-state index contributed by atoms with van der Waals surface area (Å²) >= 11 is 6.12. The number of aryl methyl sites for hydroxylation is 1. The summed E-state index contributed by atoms with van der Waals surface area (Å²) in [7, 11) is -4.78. The van der Waals surface area contributed by atoms with Crippen LogP contribution in [0.15, 0.2) is 29.4 Å². The van der Waals surface area contributed by atoms with Crippen LogP contribution >= 0.6 is 11.6 Å². The number of halogens is 3. The Morgan fingerprint density at radius 3 is 2.71 bits per heavy atom. The van der Waals surface area contributed by atoms with Gasteiger partial charge in [0, 0.05) is 11.4 Å². The second kappa shape index (κ2) is 5.03. The van der Waals surface area contributed by atoms with Gasteiger partial charge in [0.05, 0.1) is 6.04 Å². The third kappa shape index (κ3) is 2.32. The van der Waals surface area contributed by atoms with Crippen LogP contribution in [-0.4, -0.2) is 28.9 Å². The number of alkyl halides is 2. The summed E-state index contributed by atoms with van der Waals surface area (Å²) in [5.74, 6) is -3.15. The Morgan fingerprint density at radius 1 is 1.33 bits per heavy atom. The van der Waals surface area contributed by atoms with Crippen LogP contribution in [0.4, 0.5) is 8.78 Å². The first-order valence-electron chi connectivity index (χ1n) is 6.13. The van der Waals surface area contributed by atoms with E-state index in [1.807, 2.05) is 0 Å². The molecule has 1 aliphatic rings. The zero-order chi connectivity index (χ0) is 15.2. The molecule has 1 aliphatic heterocycles. The fourth-order valence-electron chi connectivity index (χ4n) is 2.37. The van der Waals surface area contributed by atoms with Gasteiger partial charge in [-0.1, -0.05) is 29.8 Å². The maximum absolute atomic E-state index is 12.5. The van der Waals surface area contributed by atoms with Crippen molar-refractivity contribution in [3.8, 4) is 0 Å². The Balaban J connectivity index is 2.04. The number of benzene rings is 1. The van der Waals surface area contributed by atoms with Gasteiger partial charge < -0.3 is 0 Å². The van der Waals surface area contributed by atoms with Gasteiger partial charge in [0.2, 0.25) is 0 Å². The van der Waals surface area contributed by atoms with Gasteiger partial charge in [-0.05, 0) is 18.1 Å². The highest BCUT2D eigenvalue weighted by atomic mass is 35.5. The number of fused-ring (bicyclic) bond motifs is 1. The molecule has 2 heterocycles. The van der Waals surface area contributed by atoms with Crippen LogP contribution in [0.3, 0.4) is 0 Å². The van der Waals surface area contributed by atoms with Crippen LogP contribution in [0.2, 0.25) is 5.02 Å². The van der Waals surface area contributed by atoms with Crippen molar-refractivity contribution in [1.29, 1.82) is 0 Å². The molecule has 0 fully saturated rings. The smallest absolute Gasteiger partial charge is 0.241 e. The van der Waals surface area contributed by atoms with Gasteiger partial charge in [-0.15, -0.1) is 5.10 Å². The third-order valence-electron chi connectivity index (χ3n) is 3.37. The first-order chi connectivity index (χ1) is 9.91. The number of hydrogen-bond donors (Lipinski definition) is 0. The van der Waals surface area contributed by atoms with E-state index in [0.717, 1.165) is 5.56 Å². The van der Waals surface area contributed by atoms with E-state index in [9.17, 15) is 17.2 Å². The second-order valence-corrected chi connectivity index (χ2v) is 6.86. The first-order valence-corrected chi connectivity index (χ1v) is 8.05. The molecular formula is C12H10ClF2N3O2S. The molecule has 0 unspecified atom stereocenters. The molecule has 1 atom stereocenters. The maximum Gasteiger partial charge on any atom is 0.344 e. The fraction of sp³-hybridized carbons (Fsp3) is 0.333. The molecule has 0 saturated carbocycles. The minimum atomic E-state index is -4.78. The molecule has 0 aliphatic carbocycles. The number of hydrogen-bond acceptors (Lipinski definition) is 4. The lowest BCUT2D eigenvalue weighted by molar-refractivity contribution is 0.233. The van der Waals surface area contributed by atoms with Crippen LogP contribution in [-0.2, 0) is 16.3 Å². The largest absolute Gasteiger partial charge is 0.344 e. The van der Waals surface area contributed by atoms with E-state index >= 15 is 0 Å². The van der Waals surface area contributed by atoms with Crippen LogP contribution < -0.4 is 0 Å². The quantitative estimate of drug-likeness (QED) is 0.865. The molecule has 0 N–H and O–H groups in total. The zero-order valence-electron chi connectivity index (χ0n) is 10.6. The van der Waals surface area contributed by atoms with Gasteiger partial charge in [-0.3, -0.25) is 0 Å². The number of sulfone groups is 1. The lowest BCUT2D eigenvalue weighted by Crippen LogP contribution is -2.15. The molecule has 0 saturated heterocycles. The van der Waals surface area contributed by atoms with Gasteiger partial charge in [0.1, 0.15) is 5.82 Å². The van der Waals surface area contributed by atoms with Crippen molar-refractivity contribution in [1.82, 2.24) is 14.8 Å². The SMILES string of the molecule is O=S(=O)(c1nc2n(n1)[C@H](c1ccccc1Cl)CC2)C(F)F. The number of rotatable bonds is 3. The van der Waals surface area contributed by atoms with Gasteiger partial charge >= 0.3 is 5.76 Å². The van der Waals surface area contributed by atoms with Crippen LogP contribution in [0, 0.1) is 0 Å². The van der Waals surface area contributed by atoms with Crippen molar-refractivity contribution >= 4 is 21.4 Å². The van der Waals surface area contributed by atoms with Gasteiger partial charge in [0.25, 0.3) is 15.0 Å². The average Bonchev–Trinajstić information content (AvgIpc) is 2.99. The third-order valence-corrected chi connectivity index (χ3v) is 4.87. The Hall–Kier alpha value is -1.54. The van der Waals surface area contributed by atoms with Crippen molar-refractivity contribution in [3.05, 3.63) is 40.7 Å². The van der Waals surface area contributed by atoms with Gasteiger partial charge in [-0.25, -0.2) is 18.1 Å². The first kappa shape index (κ1) is 14.4. The van der Waals surface area contributed by atoms with E-state index in [1.54, 1.807) is 24.3 Å². The summed E-state index contributed by atoms with van der Waals surface area (Å²) < 4.78 is 49.3. The monoisotopic (exact) mass is 333 g/mol. The van der Waals surface area contributed by atoms with Crippen molar-refractivity contribution < 1.29 is 17.2 Å². The Kier molecular flexibility index (Phi) is 3.45. The zero-order valence-corrected chi connectivity index (χ0v) is 12.2. The van der Waals surface area contributed by atoms with E-state index < -0.39 is 20.8 Å². The minimum absolute atomic E-state index is 0.289. The minimum Gasteiger partial charge on any atom is -0.241 e. The lowest BCUT2D eigenvalue weighted by atomic mass is 10.1. The molecule has 1 aromatic carbocycles. The molecule has 9 heteroatoms. The number of aromatic nitrogens is 3. The summed E-state index contributed by atoms with van der Waals surface area (Å²) in [5, 5.41) is 3.45. The Labute approximate surface area is 124 Å². The van der Waals surface area contributed by atoms with E-state index in [-0.39, 0.29) is 6.04 Å². The molecular weight excluding hydrogens is 324 g/mol. The highest BCUT2D eigenvalue weighted by Crippen LogP contribution is 2.34. The normalized spacial score (nSPS) is 18.2. The standard InChI is InChI=1S/C12H10ClF2N3O2S/c13-8-4-2-1-3-7(8)9-5-6-10-16-12(17-18(9)10)21(19,20)11(14)15/h1-4,9,11H,5-6H2/t9-/m0/s1. The van der Waals surface area contributed by atoms with E-state index in [0.29, 0.717) is 23.7 Å². The highest BCUT2D eigenvalue weighted by molar-refractivity contribution is 7.91. The molecule has 3 rings (SSSR count). The molecule has 21 heavy (non-hydrogen) atoms. The Morgan fingerprint density at radius 2 is 2.05 bits per heavy atom. The molecule has 0 amide bonds. The topological polar surface area (TPSA) is 64.8 Å². The second-order valence-electron chi connectivity index (χ2n) is 4.64. The Bertz CT molecular complexity index is 792. The highest BCUT2D eigenvalue weighted by Gasteiger charge is 2.36.